The minimum atomic E-state index is 0.167. The molecule has 0 amide bonds. The van der Waals surface area contributed by atoms with Crippen molar-refractivity contribution < 1.29 is 0 Å². The molecule has 1 aromatic rings. The van der Waals surface area contributed by atoms with Gasteiger partial charge in [-0.1, -0.05) is 13.8 Å². The Morgan fingerprint density at radius 3 is 2.50 bits per heavy atom. The molecule has 1 heterocycles. The molecule has 0 saturated carbocycles. The highest BCUT2D eigenvalue weighted by Gasteiger charge is 2.23. The van der Waals surface area contributed by atoms with Gasteiger partial charge in [-0.15, -0.1) is 11.6 Å². The number of aromatic nitrogens is 3. The number of hydrogen-bond donors (Lipinski definition) is 0. The van der Waals surface area contributed by atoms with Gasteiger partial charge in [0, 0.05) is 17.8 Å². The number of alkyl halides is 1. The molecule has 4 heteroatoms. The van der Waals surface area contributed by atoms with Crippen molar-refractivity contribution in [1.82, 2.24) is 14.8 Å². The Bertz CT molecular complexity index is 329. The minimum Gasteiger partial charge on any atom is -0.248 e. The Morgan fingerprint density at radius 1 is 1.38 bits per heavy atom. The molecular weight excluding hydrogens is 222 g/mol. The fraction of sp³-hybridized carbons (Fsp3) is 0.833. The number of halogens is 1. The zero-order valence-electron chi connectivity index (χ0n) is 10.9. The highest BCUT2D eigenvalue weighted by molar-refractivity contribution is 6.20. The predicted molar refractivity (Wildman–Crippen MR) is 67.8 cm³/mol. The van der Waals surface area contributed by atoms with E-state index in [0.29, 0.717) is 6.04 Å². The fourth-order valence-electron chi connectivity index (χ4n) is 2.09. The van der Waals surface area contributed by atoms with Crippen LogP contribution in [0.25, 0.3) is 0 Å². The molecule has 0 bridgehead atoms. The molecule has 92 valence electrons. The molecule has 0 saturated heterocycles. The summed E-state index contributed by atoms with van der Waals surface area (Å²) in [5, 5.41) is 4.45. The molecule has 0 spiro atoms. The summed E-state index contributed by atoms with van der Waals surface area (Å²) in [6.45, 7) is 10.7. The molecule has 1 rings (SSSR count). The second kappa shape index (κ2) is 5.17. The van der Waals surface area contributed by atoms with Crippen LogP contribution in [0.4, 0.5) is 0 Å². The van der Waals surface area contributed by atoms with Gasteiger partial charge in [-0.25, -0.2) is 9.67 Å². The second-order valence-corrected chi connectivity index (χ2v) is 6.29. The van der Waals surface area contributed by atoms with Crippen LogP contribution >= 0.6 is 11.6 Å². The van der Waals surface area contributed by atoms with Crippen LogP contribution in [0.15, 0.2) is 6.33 Å². The molecule has 0 aliphatic rings. The Kier molecular flexibility index (Phi) is 4.36. The van der Waals surface area contributed by atoms with E-state index >= 15 is 0 Å². The van der Waals surface area contributed by atoms with Crippen LogP contribution in [-0.4, -0.2) is 20.1 Å². The van der Waals surface area contributed by atoms with E-state index in [1.807, 2.05) is 11.6 Å². The van der Waals surface area contributed by atoms with Gasteiger partial charge in [0.2, 0.25) is 0 Å². The van der Waals surface area contributed by atoms with E-state index in [2.05, 4.69) is 37.8 Å². The van der Waals surface area contributed by atoms with Gasteiger partial charge in [0.25, 0.3) is 0 Å². The van der Waals surface area contributed by atoms with Crippen molar-refractivity contribution in [2.45, 2.75) is 58.9 Å². The van der Waals surface area contributed by atoms with Crippen LogP contribution in [0.1, 0.15) is 52.9 Å². The van der Waals surface area contributed by atoms with Crippen molar-refractivity contribution in [2.75, 3.05) is 0 Å². The Morgan fingerprint density at radius 2 is 2.00 bits per heavy atom. The van der Waals surface area contributed by atoms with Crippen LogP contribution in [0, 0.1) is 5.41 Å². The topological polar surface area (TPSA) is 30.7 Å². The van der Waals surface area contributed by atoms with E-state index in [0.717, 1.165) is 18.7 Å². The summed E-state index contributed by atoms with van der Waals surface area (Å²) in [7, 11) is 0. The maximum absolute atomic E-state index is 6.06. The number of hydrogen-bond acceptors (Lipinski definition) is 2. The molecule has 16 heavy (non-hydrogen) atoms. The SMILES string of the molecule is CC(Cl)CC(C)(C)Cc1ncnn1C(C)C. The molecule has 3 nitrogen and oxygen atoms in total. The monoisotopic (exact) mass is 243 g/mol. The van der Waals surface area contributed by atoms with E-state index in [9.17, 15) is 0 Å². The van der Waals surface area contributed by atoms with Crippen LogP contribution in [0.5, 0.6) is 0 Å². The van der Waals surface area contributed by atoms with Crippen molar-refractivity contribution in [3.8, 4) is 0 Å². The van der Waals surface area contributed by atoms with Crippen LogP contribution in [-0.2, 0) is 6.42 Å². The lowest BCUT2D eigenvalue weighted by molar-refractivity contribution is 0.313. The molecular formula is C12H22ClN3. The third-order valence-corrected chi connectivity index (χ3v) is 2.76. The van der Waals surface area contributed by atoms with Gasteiger partial charge in [-0.3, -0.25) is 0 Å². The third kappa shape index (κ3) is 3.78. The second-order valence-electron chi connectivity index (χ2n) is 5.54. The highest BCUT2D eigenvalue weighted by Crippen LogP contribution is 2.28. The van der Waals surface area contributed by atoms with E-state index < -0.39 is 0 Å². The van der Waals surface area contributed by atoms with Crippen molar-refractivity contribution in [3.63, 3.8) is 0 Å². The molecule has 0 radical (unpaired) electrons. The first kappa shape index (κ1) is 13.5. The predicted octanol–water partition coefficient (Wildman–Crippen LogP) is 3.45. The Balaban J connectivity index is 2.75. The van der Waals surface area contributed by atoms with Gasteiger partial charge in [-0.2, -0.15) is 5.10 Å². The quantitative estimate of drug-likeness (QED) is 0.742. The van der Waals surface area contributed by atoms with Gasteiger partial charge in [0.05, 0.1) is 0 Å². The minimum absolute atomic E-state index is 0.167. The summed E-state index contributed by atoms with van der Waals surface area (Å²) < 4.78 is 1.99. The van der Waals surface area contributed by atoms with Crippen LogP contribution in [0.3, 0.4) is 0 Å². The van der Waals surface area contributed by atoms with Crippen molar-refractivity contribution in [3.05, 3.63) is 12.2 Å². The molecule has 0 aromatic carbocycles. The first-order chi connectivity index (χ1) is 7.32. The smallest absolute Gasteiger partial charge is 0.138 e. The standard InChI is InChI=1S/C12H22ClN3/c1-9(2)16-11(14-8-15-16)7-12(4,5)6-10(3)13/h8-10H,6-7H2,1-5H3. The average Bonchev–Trinajstić information content (AvgIpc) is 2.48. The maximum atomic E-state index is 6.06. The van der Waals surface area contributed by atoms with E-state index in [1.165, 1.54) is 0 Å². The zero-order valence-corrected chi connectivity index (χ0v) is 11.6. The average molecular weight is 244 g/mol. The summed E-state index contributed by atoms with van der Waals surface area (Å²) in [5.74, 6) is 1.05. The number of rotatable bonds is 5. The van der Waals surface area contributed by atoms with E-state index in [4.69, 9.17) is 11.6 Å². The van der Waals surface area contributed by atoms with Gasteiger partial charge >= 0.3 is 0 Å². The lowest BCUT2D eigenvalue weighted by atomic mass is 9.84. The van der Waals surface area contributed by atoms with Gasteiger partial charge < -0.3 is 0 Å². The summed E-state index contributed by atoms with van der Waals surface area (Å²) in [6.07, 6.45) is 3.54. The maximum Gasteiger partial charge on any atom is 0.138 e. The summed E-state index contributed by atoms with van der Waals surface area (Å²) in [4.78, 5) is 4.34. The first-order valence-corrected chi connectivity index (χ1v) is 6.28. The molecule has 0 N–H and O–H groups in total. The van der Waals surface area contributed by atoms with Gasteiger partial charge in [0.1, 0.15) is 12.2 Å². The van der Waals surface area contributed by atoms with Crippen molar-refractivity contribution in [2.24, 2.45) is 5.41 Å². The fourth-order valence-corrected chi connectivity index (χ4v) is 2.51. The third-order valence-electron chi connectivity index (χ3n) is 2.61. The van der Waals surface area contributed by atoms with E-state index in [1.54, 1.807) is 6.33 Å². The highest BCUT2D eigenvalue weighted by atomic mass is 35.5. The zero-order chi connectivity index (χ0) is 12.3. The molecule has 1 unspecified atom stereocenters. The molecule has 1 atom stereocenters. The van der Waals surface area contributed by atoms with Crippen LogP contribution < -0.4 is 0 Å². The van der Waals surface area contributed by atoms with Crippen molar-refractivity contribution in [1.29, 1.82) is 0 Å². The summed E-state index contributed by atoms with van der Waals surface area (Å²) >= 11 is 6.06. The Labute approximate surface area is 103 Å². The molecule has 0 fully saturated rings. The van der Waals surface area contributed by atoms with Gasteiger partial charge in [-0.05, 0) is 32.6 Å². The van der Waals surface area contributed by atoms with Crippen LogP contribution in [0.2, 0.25) is 0 Å². The summed E-state index contributed by atoms with van der Waals surface area (Å²) in [5.41, 5.74) is 0.167. The lowest BCUT2D eigenvalue weighted by Crippen LogP contribution is -2.22. The molecule has 0 aliphatic carbocycles. The van der Waals surface area contributed by atoms with E-state index in [-0.39, 0.29) is 10.8 Å². The molecule has 0 aliphatic heterocycles. The largest absolute Gasteiger partial charge is 0.248 e. The molecule has 1 aromatic heterocycles. The number of nitrogens with zero attached hydrogens (tertiary/aromatic N) is 3. The van der Waals surface area contributed by atoms with Gasteiger partial charge in [0.15, 0.2) is 0 Å². The first-order valence-electron chi connectivity index (χ1n) is 5.84. The summed E-state index contributed by atoms with van der Waals surface area (Å²) in [6, 6.07) is 0.363. The normalized spacial score (nSPS) is 14.4. The van der Waals surface area contributed by atoms with Crippen molar-refractivity contribution >= 4 is 11.6 Å². The lowest BCUT2D eigenvalue weighted by Gasteiger charge is -2.25. The Hall–Kier alpha value is -0.570.